The monoisotopic (exact) mass is 409 g/mol. The average molecular weight is 409 g/mol. The Kier molecular flexibility index (Phi) is 6.04. The van der Waals surface area contributed by atoms with Gasteiger partial charge in [-0.05, 0) is 23.8 Å². The van der Waals surface area contributed by atoms with E-state index >= 15 is 0 Å². The third-order valence-corrected chi connectivity index (χ3v) is 4.13. The molecule has 0 fully saturated rings. The van der Waals surface area contributed by atoms with Gasteiger partial charge in [0, 0.05) is 24.3 Å². The van der Waals surface area contributed by atoms with Gasteiger partial charge >= 0.3 is 6.36 Å². The van der Waals surface area contributed by atoms with E-state index in [1.54, 1.807) is 23.8 Å². The van der Waals surface area contributed by atoms with E-state index < -0.39 is 6.36 Å². The van der Waals surface area contributed by atoms with E-state index in [4.69, 9.17) is 0 Å². The van der Waals surface area contributed by atoms with Crippen molar-refractivity contribution in [3.63, 3.8) is 0 Å². The molecule has 2 heterocycles. The highest BCUT2D eigenvalue weighted by Gasteiger charge is 2.30. The maximum atomic E-state index is 12.1. The minimum Gasteiger partial charge on any atom is -0.406 e. The first-order valence-corrected chi connectivity index (χ1v) is 8.85. The van der Waals surface area contributed by atoms with Crippen LogP contribution in [-0.2, 0) is 17.8 Å². The topological polar surface area (TPSA) is 89.0 Å². The first-order chi connectivity index (χ1) is 13.4. The van der Waals surface area contributed by atoms with Gasteiger partial charge in [-0.15, -0.1) is 24.5 Å². The number of hydrogen-bond acceptors (Lipinski definition) is 7. The van der Waals surface area contributed by atoms with Crippen LogP contribution in [0.2, 0.25) is 0 Å². The highest BCUT2D eigenvalue weighted by Crippen LogP contribution is 2.23. The van der Waals surface area contributed by atoms with Gasteiger partial charge in [-0.2, -0.15) is 0 Å². The summed E-state index contributed by atoms with van der Waals surface area (Å²) >= 11 is 1.32. The van der Waals surface area contributed by atoms with E-state index in [0.29, 0.717) is 22.3 Å². The number of thiazole rings is 1. The quantitative estimate of drug-likeness (QED) is 0.622. The number of amides is 1. The summed E-state index contributed by atoms with van der Waals surface area (Å²) in [7, 11) is 0. The number of aromatic nitrogens is 3. The van der Waals surface area contributed by atoms with Crippen LogP contribution in [0, 0.1) is 0 Å². The molecule has 0 aliphatic heterocycles. The van der Waals surface area contributed by atoms with Crippen LogP contribution < -0.4 is 15.4 Å². The average Bonchev–Trinajstić information content (AvgIpc) is 3.07. The van der Waals surface area contributed by atoms with Gasteiger partial charge in [0.25, 0.3) is 0 Å². The maximum absolute atomic E-state index is 12.1. The number of alkyl halides is 3. The van der Waals surface area contributed by atoms with Crippen molar-refractivity contribution in [3.8, 4) is 5.75 Å². The Bertz CT molecular complexity index is 917. The lowest BCUT2D eigenvalue weighted by Crippen LogP contribution is -2.24. The van der Waals surface area contributed by atoms with Gasteiger partial charge in [0.1, 0.15) is 5.75 Å². The summed E-state index contributed by atoms with van der Waals surface area (Å²) in [5.41, 5.74) is 1.22. The van der Waals surface area contributed by atoms with Crippen molar-refractivity contribution >= 4 is 28.3 Å². The normalized spacial score (nSPS) is 11.1. The number of hydrogen-bond donors (Lipinski definition) is 2. The molecule has 0 aliphatic rings. The molecule has 2 N–H and O–H groups in total. The molecule has 0 saturated carbocycles. The summed E-state index contributed by atoms with van der Waals surface area (Å²) in [5, 5.41) is 7.94. The van der Waals surface area contributed by atoms with Crippen molar-refractivity contribution < 1.29 is 22.7 Å². The molecule has 11 heteroatoms. The Hall–Kier alpha value is -3.21. The highest BCUT2D eigenvalue weighted by atomic mass is 32.1. The minimum absolute atomic E-state index is 0.0725. The Morgan fingerprint density at radius 2 is 1.86 bits per heavy atom. The molecule has 0 radical (unpaired) electrons. The van der Waals surface area contributed by atoms with Crippen molar-refractivity contribution in [1.29, 1.82) is 0 Å². The minimum atomic E-state index is -4.73. The third kappa shape index (κ3) is 6.20. The molecule has 0 saturated heterocycles. The van der Waals surface area contributed by atoms with E-state index in [-0.39, 0.29) is 24.6 Å². The van der Waals surface area contributed by atoms with Gasteiger partial charge in [-0.25, -0.2) is 15.0 Å². The zero-order valence-corrected chi connectivity index (χ0v) is 15.0. The molecular weight excluding hydrogens is 395 g/mol. The first-order valence-electron chi connectivity index (χ1n) is 7.97. The van der Waals surface area contributed by atoms with Gasteiger partial charge in [-0.1, -0.05) is 12.1 Å². The number of nitrogens with one attached hydrogen (secondary N) is 2. The predicted molar refractivity (Wildman–Crippen MR) is 96.1 cm³/mol. The molecule has 1 aromatic carbocycles. The van der Waals surface area contributed by atoms with Gasteiger partial charge in [0.2, 0.25) is 11.9 Å². The number of nitrogens with zero attached hydrogens (tertiary/aromatic N) is 3. The first kappa shape index (κ1) is 19.5. The largest absolute Gasteiger partial charge is 0.573 e. The summed E-state index contributed by atoms with van der Waals surface area (Å²) in [6.45, 7) is 0.179. The summed E-state index contributed by atoms with van der Waals surface area (Å²) < 4.78 is 40.2. The van der Waals surface area contributed by atoms with Crippen LogP contribution in [0.15, 0.2) is 48.1 Å². The molecule has 7 nitrogen and oxygen atoms in total. The summed E-state index contributed by atoms with van der Waals surface area (Å²) in [6, 6.07) is 6.98. The van der Waals surface area contributed by atoms with Gasteiger partial charge in [-0.3, -0.25) is 4.79 Å². The van der Waals surface area contributed by atoms with Crippen molar-refractivity contribution in [2.24, 2.45) is 0 Å². The lowest BCUT2D eigenvalue weighted by atomic mass is 10.2. The second kappa shape index (κ2) is 8.65. The Morgan fingerprint density at radius 1 is 1.14 bits per heavy atom. The molecule has 0 unspecified atom stereocenters. The van der Waals surface area contributed by atoms with Crippen molar-refractivity contribution in [2.45, 2.75) is 19.3 Å². The van der Waals surface area contributed by atoms with Crippen LogP contribution in [-0.4, -0.2) is 27.2 Å². The van der Waals surface area contributed by atoms with Crippen LogP contribution in [0.5, 0.6) is 5.75 Å². The Balaban J connectivity index is 1.47. The highest BCUT2D eigenvalue weighted by molar-refractivity contribution is 7.13. The Morgan fingerprint density at radius 3 is 2.54 bits per heavy atom. The number of halogens is 3. The molecular formula is C17H14F3N5O2S. The van der Waals surface area contributed by atoms with Crippen LogP contribution in [0.1, 0.15) is 11.3 Å². The molecule has 3 rings (SSSR count). The van der Waals surface area contributed by atoms with E-state index in [1.165, 1.54) is 35.6 Å². The molecule has 0 bridgehead atoms. The number of carbonyl (C=O) groups excluding carboxylic acids is 1. The lowest BCUT2D eigenvalue weighted by molar-refractivity contribution is -0.274. The van der Waals surface area contributed by atoms with Crippen LogP contribution in [0.4, 0.5) is 24.3 Å². The van der Waals surface area contributed by atoms with E-state index in [2.05, 4.69) is 30.3 Å². The zero-order valence-electron chi connectivity index (χ0n) is 14.2. The summed E-state index contributed by atoms with van der Waals surface area (Å²) in [6.07, 6.45) is -1.47. The lowest BCUT2D eigenvalue weighted by Gasteiger charge is -2.09. The fourth-order valence-corrected chi connectivity index (χ4v) is 2.85. The fourth-order valence-electron chi connectivity index (χ4n) is 2.14. The maximum Gasteiger partial charge on any atom is 0.573 e. The van der Waals surface area contributed by atoms with Crippen LogP contribution >= 0.6 is 11.3 Å². The van der Waals surface area contributed by atoms with Gasteiger partial charge in [0.05, 0.1) is 12.1 Å². The van der Waals surface area contributed by atoms with Gasteiger partial charge < -0.3 is 15.4 Å². The van der Waals surface area contributed by atoms with Gasteiger partial charge in [0.15, 0.2) is 5.13 Å². The number of carbonyl (C=O) groups is 1. The molecule has 0 spiro atoms. The predicted octanol–water partition coefficient (Wildman–Crippen LogP) is 3.43. The molecule has 146 valence electrons. The van der Waals surface area contributed by atoms with E-state index in [1.807, 2.05) is 0 Å². The van der Waals surface area contributed by atoms with Crippen molar-refractivity contribution in [3.05, 3.63) is 59.4 Å². The number of anilines is 2. The molecule has 0 aliphatic carbocycles. The summed E-state index contributed by atoms with van der Waals surface area (Å²) in [4.78, 5) is 24.4. The number of ether oxygens (including phenoxy) is 1. The SMILES string of the molecule is O=C(Cc1csc(Nc2ncccn2)n1)NCc1ccc(OC(F)(F)F)cc1. The second-order valence-electron chi connectivity index (χ2n) is 5.49. The van der Waals surface area contributed by atoms with E-state index in [9.17, 15) is 18.0 Å². The Labute approximate surface area is 161 Å². The number of rotatable bonds is 7. The molecule has 2 aromatic heterocycles. The van der Waals surface area contributed by atoms with E-state index in [0.717, 1.165) is 0 Å². The smallest absolute Gasteiger partial charge is 0.406 e. The van der Waals surface area contributed by atoms with Crippen molar-refractivity contribution in [2.75, 3.05) is 5.32 Å². The van der Waals surface area contributed by atoms with Crippen molar-refractivity contribution in [1.82, 2.24) is 20.3 Å². The zero-order chi connectivity index (χ0) is 20.0. The molecule has 1 amide bonds. The third-order valence-electron chi connectivity index (χ3n) is 3.32. The fraction of sp³-hybridized carbons (Fsp3) is 0.176. The van der Waals surface area contributed by atoms with Crippen LogP contribution in [0.25, 0.3) is 0 Å². The summed E-state index contributed by atoms with van der Waals surface area (Å²) in [5.74, 6) is -0.165. The van der Waals surface area contributed by atoms with Crippen LogP contribution in [0.3, 0.4) is 0 Å². The molecule has 3 aromatic rings. The standard InChI is InChI=1S/C17H14F3N5O2S/c18-17(19,20)27-13-4-2-11(3-5-13)9-23-14(26)8-12-10-28-16(24-12)25-15-21-6-1-7-22-15/h1-7,10H,8-9H2,(H,23,26)(H,21,22,24,25). The number of benzene rings is 1. The molecule has 0 atom stereocenters. The molecule has 28 heavy (non-hydrogen) atoms. The second-order valence-corrected chi connectivity index (χ2v) is 6.34.